The van der Waals surface area contributed by atoms with E-state index in [9.17, 15) is 4.79 Å². The average Bonchev–Trinajstić information content (AvgIpc) is 1.83. The predicted octanol–water partition coefficient (Wildman–Crippen LogP) is 0.622. The number of carbonyl (C=O) groups is 1. The summed E-state index contributed by atoms with van der Waals surface area (Å²) in [5, 5.41) is 0. The fourth-order valence-electron chi connectivity index (χ4n) is 0.458. The molecule has 1 amide bonds. The van der Waals surface area contributed by atoms with Crippen LogP contribution in [-0.4, -0.2) is 12.5 Å². The van der Waals surface area contributed by atoms with Crippen molar-refractivity contribution in [2.45, 2.75) is 0 Å². The lowest BCUT2D eigenvalue weighted by atomic mass is 10.4. The van der Waals surface area contributed by atoms with Crippen molar-refractivity contribution in [3.05, 3.63) is 8.96 Å². The molecule has 0 saturated carbocycles. The molecule has 0 unspecified atom stereocenters. The number of rotatable bonds is 0. The van der Waals surface area contributed by atoms with Crippen molar-refractivity contribution in [1.82, 2.24) is 10.9 Å². The van der Waals surface area contributed by atoms with Gasteiger partial charge < -0.3 is 0 Å². The molecular weight excluding hydrogens is 252 g/mol. The molecule has 1 aliphatic rings. The van der Waals surface area contributed by atoms with Gasteiger partial charge in [0.1, 0.15) is 0 Å². The molecule has 0 aromatic carbocycles. The molecule has 0 bridgehead atoms. The van der Waals surface area contributed by atoms with Gasteiger partial charge in [0.25, 0.3) is 5.91 Å². The number of halogens is 2. The van der Waals surface area contributed by atoms with Gasteiger partial charge in [-0.05, 0) is 15.9 Å². The van der Waals surface area contributed by atoms with Gasteiger partial charge >= 0.3 is 0 Å². The van der Waals surface area contributed by atoms with Crippen LogP contribution in [0.2, 0.25) is 0 Å². The molecule has 1 rings (SSSR count). The summed E-state index contributed by atoms with van der Waals surface area (Å²) < 4.78 is 1.40. The molecule has 0 radical (unpaired) electrons. The Morgan fingerprint density at radius 1 is 1.44 bits per heavy atom. The molecule has 1 aliphatic heterocycles. The third-order valence-electron chi connectivity index (χ3n) is 0.883. The highest BCUT2D eigenvalue weighted by molar-refractivity contribution is 9.14. The Hall–Kier alpha value is 0.130. The first-order valence-electron chi connectivity index (χ1n) is 2.29. The van der Waals surface area contributed by atoms with E-state index in [1.54, 1.807) is 0 Å². The molecule has 5 heteroatoms. The zero-order valence-corrected chi connectivity index (χ0v) is 7.54. The van der Waals surface area contributed by atoms with Gasteiger partial charge in [0, 0.05) is 11.0 Å². The summed E-state index contributed by atoms with van der Waals surface area (Å²) in [5.41, 5.74) is 5.12. The van der Waals surface area contributed by atoms with Crippen LogP contribution in [0.4, 0.5) is 0 Å². The number of hydrazine groups is 1. The fraction of sp³-hybridized carbons (Fsp3) is 0.250. The number of amides is 1. The molecule has 0 aliphatic carbocycles. The Morgan fingerprint density at radius 3 is 2.56 bits per heavy atom. The van der Waals surface area contributed by atoms with Crippen LogP contribution in [0.5, 0.6) is 0 Å². The normalized spacial score (nSPS) is 20.0. The Morgan fingerprint density at radius 2 is 2.11 bits per heavy atom. The van der Waals surface area contributed by atoms with Gasteiger partial charge in [0.05, 0.1) is 4.48 Å². The van der Waals surface area contributed by atoms with E-state index in [2.05, 4.69) is 42.7 Å². The monoisotopic (exact) mass is 254 g/mol. The third-order valence-corrected chi connectivity index (χ3v) is 2.93. The molecule has 0 fully saturated rings. The van der Waals surface area contributed by atoms with E-state index in [-0.39, 0.29) is 5.91 Å². The first kappa shape index (κ1) is 7.24. The van der Waals surface area contributed by atoms with E-state index in [1.165, 1.54) is 0 Å². The maximum absolute atomic E-state index is 10.7. The van der Waals surface area contributed by atoms with Crippen LogP contribution < -0.4 is 10.9 Å². The third kappa shape index (κ3) is 1.53. The Kier molecular flexibility index (Phi) is 2.26. The molecular formula is C4H4Br2N2O. The quantitative estimate of drug-likeness (QED) is 0.667. The Balaban J connectivity index is 2.84. The van der Waals surface area contributed by atoms with Crippen molar-refractivity contribution in [1.29, 1.82) is 0 Å². The summed E-state index contributed by atoms with van der Waals surface area (Å²) in [5.74, 6) is -0.145. The molecule has 9 heavy (non-hydrogen) atoms. The SMILES string of the molecule is O=C1NNCC(Br)=C1Br. The lowest BCUT2D eigenvalue weighted by Crippen LogP contribution is -2.42. The lowest BCUT2D eigenvalue weighted by molar-refractivity contribution is -0.118. The molecule has 3 nitrogen and oxygen atoms in total. The zero-order valence-electron chi connectivity index (χ0n) is 4.37. The first-order chi connectivity index (χ1) is 4.22. The van der Waals surface area contributed by atoms with Gasteiger partial charge in [-0.1, -0.05) is 15.9 Å². The van der Waals surface area contributed by atoms with Gasteiger partial charge in [-0.15, -0.1) is 0 Å². The van der Waals surface area contributed by atoms with Crippen molar-refractivity contribution in [2.24, 2.45) is 0 Å². The van der Waals surface area contributed by atoms with E-state index in [0.29, 0.717) is 11.0 Å². The molecule has 0 aromatic rings. The van der Waals surface area contributed by atoms with Crippen LogP contribution in [0.25, 0.3) is 0 Å². The second kappa shape index (κ2) is 2.81. The molecule has 0 saturated heterocycles. The highest BCUT2D eigenvalue weighted by Gasteiger charge is 2.14. The standard InChI is InChI=1S/C4H4Br2N2O/c5-2-1-7-8-4(9)3(2)6/h7H,1H2,(H,8,9). The molecule has 0 spiro atoms. The fourth-order valence-corrected chi connectivity index (χ4v) is 1.02. The van der Waals surface area contributed by atoms with E-state index >= 15 is 0 Å². The molecule has 50 valence electrons. The topological polar surface area (TPSA) is 41.1 Å². The van der Waals surface area contributed by atoms with Gasteiger partial charge in [0.2, 0.25) is 0 Å². The predicted molar refractivity (Wildman–Crippen MR) is 41.0 cm³/mol. The highest BCUT2D eigenvalue weighted by Crippen LogP contribution is 2.18. The number of carbonyl (C=O) groups excluding carboxylic acids is 1. The number of nitrogens with one attached hydrogen (secondary N) is 2. The Labute approximate surface area is 69.1 Å². The van der Waals surface area contributed by atoms with Gasteiger partial charge in [0.15, 0.2) is 0 Å². The first-order valence-corrected chi connectivity index (χ1v) is 3.88. The van der Waals surface area contributed by atoms with E-state index in [0.717, 1.165) is 4.48 Å². The molecule has 2 N–H and O–H groups in total. The largest absolute Gasteiger partial charge is 0.287 e. The van der Waals surface area contributed by atoms with Crippen LogP contribution in [0.15, 0.2) is 8.96 Å². The summed E-state index contributed by atoms with van der Waals surface area (Å²) >= 11 is 6.30. The van der Waals surface area contributed by atoms with Crippen LogP contribution >= 0.6 is 31.9 Å². The van der Waals surface area contributed by atoms with Crippen LogP contribution in [0.1, 0.15) is 0 Å². The van der Waals surface area contributed by atoms with Crippen molar-refractivity contribution < 1.29 is 4.79 Å². The average molecular weight is 256 g/mol. The van der Waals surface area contributed by atoms with Crippen LogP contribution in [0, 0.1) is 0 Å². The molecule has 1 heterocycles. The minimum Gasteiger partial charge on any atom is -0.287 e. The lowest BCUT2D eigenvalue weighted by Gasteiger charge is -2.13. The van der Waals surface area contributed by atoms with Crippen molar-refractivity contribution in [3.8, 4) is 0 Å². The van der Waals surface area contributed by atoms with Gasteiger partial charge in [-0.3, -0.25) is 10.2 Å². The Bertz CT molecular complexity index is 177. The summed E-state index contributed by atoms with van der Waals surface area (Å²) in [6, 6.07) is 0. The molecule has 0 atom stereocenters. The smallest absolute Gasteiger partial charge is 0.273 e. The summed E-state index contributed by atoms with van der Waals surface area (Å²) in [7, 11) is 0. The summed E-state index contributed by atoms with van der Waals surface area (Å²) in [4.78, 5) is 10.7. The van der Waals surface area contributed by atoms with Crippen molar-refractivity contribution in [2.75, 3.05) is 6.54 Å². The maximum Gasteiger partial charge on any atom is 0.273 e. The van der Waals surface area contributed by atoms with Crippen LogP contribution in [-0.2, 0) is 4.79 Å². The molecule has 0 aromatic heterocycles. The van der Waals surface area contributed by atoms with Crippen molar-refractivity contribution >= 4 is 37.8 Å². The minimum absolute atomic E-state index is 0.145. The number of hydrogen-bond acceptors (Lipinski definition) is 2. The summed E-state index contributed by atoms with van der Waals surface area (Å²) in [6.45, 7) is 0.631. The van der Waals surface area contributed by atoms with Crippen LogP contribution in [0.3, 0.4) is 0 Å². The number of hydrogen-bond donors (Lipinski definition) is 2. The van der Waals surface area contributed by atoms with E-state index in [1.807, 2.05) is 0 Å². The second-order valence-corrected chi connectivity index (χ2v) is 3.28. The van der Waals surface area contributed by atoms with Gasteiger partial charge in [-0.25, -0.2) is 5.43 Å². The zero-order chi connectivity index (χ0) is 6.85. The maximum atomic E-state index is 10.7. The minimum atomic E-state index is -0.145. The highest BCUT2D eigenvalue weighted by atomic mass is 79.9. The van der Waals surface area contributed by atoms with Gasteiger partial charge in [-0.2, -0.15) is 0 Å². The van der Waals surface area contributed by atoms with E-state index in [4.69, 9.17) is 0 Å². The van der Waals surface area contributed by atoms with E-state index < -0.39 is 0 Å². The van der Waals surface area contributed by atoms with Crippen molar-refractivity contribution in [3.63, 3.8) is 0 Å². The summed E-state index contributed by atoms with van der Waals surface area (Å²) in [6.07, 6.45) is 0. The second-order valence-electron chi connectivity index (χ2n) is 1.53.